The number of nitrogens with one attached hydrogen (secondary N) is 1. The van der Waals surface area contributed by atoms with Crippen molar-refractivity contribution >= 4 is 5.91 Å². The number of para-hydroxylation sites is 1. The third-order valence-corrected chi connectivity index (χ3v) is 3.95. The van der Waals surface area contributed by atoms with Crippen LogP contribution in [0.25, 0.3) is 0 Å². The van der Waals surface area contributed by atoms with Gasteiger partial charge >= 0.3 is 0 Å². The molecule has 24 heavy (non-hydrogen) atoms. The van der Waals surface area contributed by atoms with Crippen LogP contribution in [0.4, 0.5) is 0 Å². The Balaban J connectivity index is 1.46. The van der Waals surface area contributed by atoms with Crippen molar-refractivity contribution < 1.29 is 23.7 Å². The van der Waals surface area contributed by atoms with Crippen molar-refractivity contribution in [3.8, 4) is 17.2 Å². The Morgan fingerprint density at radius 1 is 1.38 bits per heavy atom. The van der Waals surface area contributed by atoms with Crippen LogP contribution in [0.15, 0.2) is 30.6 Å². The molecule has 0 spiro atoms. The Morgan fingerprint density at radius 2 is 2.29 bits per heavy atom. The van der Waals surface area contributed by atoms with Gasteiger partial charge < -0.3 is 24.3 Å². The van der Waals surface area contributed by atoms with Gasteiger partial charge in [0.15, 0.2) is 17.2 Å². The van der Waals surface area contributed by atoms with E-state index >= 15 is 0 Å². The molecule has 1 fully saturated rings. The number of hydrogen-bond acceptors (Lipinski definition) is 6. The van der Waals surface area contributed by atoms with Gasteiger partial charge in [0.2, 0.25) is 6.79 Å². The van der Waals surface area contributed by atoms with Gasteiger partial charge in [0, 0.05) is 7.05 Å². The van der Waals surface area contributed by atoms with Crippen molar-refractivity contribution in [2.24, 2.45) is 7.05 Å². The lowest BCUT2D eigenvalue weighted by Gasteiger charge is -2.20. The second kappa shape index (κ2) is 6.04. The molecule has 0 radical (unpaired) electrons. The van der Waals surface area contributed by atoms with Crippen molar-refractivity contribution in [2.75, 3.05) is 20.0 Å². The molecule has 126 valence electrons. The molecule has 8 heteroatoms. The van der Waals surface area contributed by atoms with E-state index in [1.807, 2.05) is 7.05 Å². The number of amides is 1. The molecule has 0 aliphatic carbocycles. The maximum Gasteiger partial charge on any atom is 0.255 e. The zero-order valence-corrected chi connectivity index (χ0v) is 13.1. The Hall–Kier alpha value is -2.74. The minimum Gasteiger partial charge on any atom is -0.482 e. The smallest absolute Gasteiger partial charge is 0.255 e. The fourth-order valence-electron chi connectivity index (χ4n) is 2.78. The summed E-state index contributed by atoms with van der Waals surface area (Å²) in [5, 5.41) is 7.01. The summed E-state index contributed by atoms with van der Waals surface area (Å²) < 4.78 is 23.7. The van der Waals surface area contributed by atoms with E-state index in [1.165, 1.54) is 0 Å². The van der Waals surface area contributed by atoms with E-state index < -0.39 is 0 Å². The quantitative estimate of drug-likeness (QED) is 0.889. The van der Waals surface area contributed by atoms with E-state index in [-0.39, 0.29) is 24.8 Å². The molecule has 1 N–H and O–H groups in total. The number of fused-ring (bicyclic) bond motifs is 1. The third-order valence-electron chi connectivity index (χ3n) is 3.95. The topological polar surface area (TPSA) is 83.8 Å². The van der Waals surface area contributed by atoms with Crippen LogP contribution >= 0.6 is 0 Å². The molecule has 1 amide bonds. The molecule has 0 saturated carbocycles. The van der Waals surface area contributed by atoms with Gasteiger partial charge in [0.05, 0.1) is 37.2 Å². The van der Waals surface area contributed by atoms with Crippen molar-refractivity contribution in [1.82, 2.24) is 15.1 Å². The second-order valence-electron chi connectivity index (χ2n) is 5.66. The number of rotatable bonds is 4. The lowest BCUT2D eigenvalue weighted by molar-refractivity contribution is 0.0899. The lowest BCUT2D eigenvalue weighted by atomic mass is 10.1. The fraction of sp³-hybridized carbons (Fsp3) is 0.375. The first-order valence-electron chi connectivity index (χ1n) is 7.63. The molecule has 3 heterocycles. The number of ether oxygens (including phenoxy) is 4. The van der Waals surface area contributed by atoms with Gasteiger partial charge in [-0.2, -0.15) is 5.10 Å². The summed E-state index contributed by atoms with van der Waals surface area (Å²) in [6, 6.07) is 4.98. The van der Waals surface area contributed by atoms with Crippen molar-refractivity contribution in [3.63, 3.8) is 0 Å². The largest absolute Gasteiger partial charge is 0.482 e. The molecule has 1 saturated heterocycles. The molecule has 0 bridgehead atoms. The van der Waals surface area contributed by atoms with E-state index in [1.54, 1.807) is 35.3 Å². The Labute approximate surface area is 138 Å². The van der Waals surface area contributed by atoms with E-state index in [9.17, 15) is 4.79 Å². The minimum atomic E-state index is -0.271. The summed E-state index contributed by atoms with van der Waals surface area (Å²) in [7, 11) is 1.81. The first-order valence-corrected chi connectivity index (χ1v) is 7.63. The van der Waals surface area contributed by atoms with Crippen LogP contribution in [-0.4, -0.2) is 47.8 Å². The Morgan fingerprint density at radius 3 is 3.12 bits per heavy atom. The van der Waals surface area contributed by atoms with Crippen LogP contribution in [0.5, 0.6) is 17.2 Å². The van der Waals surface area contributed by atoms with Gasteiger partial charge in [-0.3, -0.25) is 9.48 Å². The van der Waals surface area contributed by atoms with Crippen LogP contribution in [0.2, 0.25) is 0 Å². The molecule has 1 aromatic heterocycles. The number of hydrogen-bond donors (Lipinski definition) is 1. The number of carbonyl (C=O) groups excluding carboxylic acids is 1. The third kappa shape index (κ3) is 2.76. The maximum atomic E-state index is 12.6. The highest BCUT2D eigenvalue weighted by molar-refractivity contribution is 5.98. The molecular formula is C16H17N3O5. The zero-order chi connectivity index (χ0) is 16.5. The highest BCUT2D eigenvalue weighted by Gasteiger charge is 2.33. The molecule has 0 unspecified atom stereocenters. The number of aryl methyl sites for hydroxylation is 1. The van der Waals surface area contributed by atoms with Crippen LogP contribution < -0.4 is 19.5 Å². The van der Waals surface area contributed by atoms with E-state index in [2.05, 4.69) is 10.4 Å². The summed E-state index contributed by atoms with van der Waals surface area (Å²) in [5.41, 5.74) is 0.442. The number of aromatic nitrogens is 2. The Bertz CT molecular complexity index is 760. The summed E-state index contributed by atoms with van der Waals surface area (Å²) in [6.07, 6.45) is 3.13. The number of carbonyl (C=O) groups is 1. The number of nitrogens with zero attached hydrogens (tertiary/aromatic N) is 2. The fourth-order valence-corrected chi connectivity index (χ4v) is 2.78. The first kappa shape index (κ1) is 14.8. The number of benzene rings is 1. The molecule has 2 atom stereocenters. The predicted molar refractivity (Wildman–Crippen MR) is 82.3 cm³/mol. The average molecular weight is 331 g/mol. The molecule has 2 aromatic rings. The first-order chi connectivity index (χ1) is 11.7. The van der Waals surface area contributed by atoms with Gasteiger partial charge in [-0.15, -0.1) is 0 Å². The maximum absolute atomic E-state index is 12.6. The van der Waals surface area contributed by atoms with Gasteiger partial charge in [-0.1, -0.05) is 6.07 Å². The van der Waals surface area contributed by atoms with Gasteiger partial charge in [0.1, 0.15) is 6.10 Å². The average Bonchev–Trinajstić information content (AvgIpc) is 3.29. The van der Waals surface area contributed by atoms with Gasteiger partial charge in [0.25, 0.3) is 5.91 Å². The van der Waals surface area contributed by atoms with E-state index in [0.717, 1.165) is 0 Å². The van der Waals surface area contributed by atoms with Crippen LogP contribution in [0.3, 0.4) is 0 Å². The SMILES string of the molecule is Cn1cc(O[C@@H]2COC[C@@H]2NC(=O)c2cccc3c2OCO3)cn1. The second-order valence-corrected chi connectivity index (χ2v) is 5.66. The van der Waals surface area contributed by atoms with Crippen LogP contribution in [0.1, 0.15) is 10.4 Å². The highest BCUT2D eigenvalue weighted by atomic mass is 16.7. The lowest BCUT2D eigenvalue weighted by Crippen LogP contribution is -2.45. The standard InChI is InChI=1S/C16H17N3O5/c1-19-6-10(5-17-19)24-14-8-21-7-12(14)18-16(20)11-3-2-4-13-15(11)23-9-22-13/h2-6,12,14H,7-9H2,1H3,(H,18,20)/t12-,14+/m0/s1. The van der Waals surface area contributed by atoms with Gasteiger partial charge in [-0.05, 0) is 12.1 Å². The van der Waals surface area contributed by atoms with E-state index in [0.29, 0.717) is 36.0 Å². The van der Waals surface area contributed by atoms with Crippen molar-refractivity contribution in [2.45, 2.75) is 12.1 Å². The summed E-state index contributed by atoms with van der Waals surface area (Å²) in [4.78, 5) is 12.6. The normalized spacial score (nSPS) is 21.7. The zero-order valence-electron chi connectivity index (χ0n) is 13.1. The van der Waals surface area contributed by atoms with Crippen molar-refractivity contribution in [3.05, 3.63) is 36.2 Å². The summed E-state index contributed by atoms with van der Waals surface area (Å²) in [5.74, 6) is 1.45. The predicted octanol–water partition coefficient (Wildman–Crippen LogP) is 0.725. The van der Waals surface area contributed by atoms with Gasteiger partial charge in [-0.25, -0.2) is 0 Å². The molecule has 2 aliphatic rings. The highest BCUT2D eigenvalue weighted by Crippen LogP contribution is 2.35. The monoisotopic (exact) mass is 331 g/mol. The van der Waals surface area contributed by atoms with Crippen LogP contribution in [-0.2, 0) is 11.8 Å². The molecular weight excluding hydrogens is 314 g/mol. The minimum absolute atomic E-state index is 0.124. The summed E-state index contributed by atoms with van der Waals surface area (Å²) in [6.45, 7) is 0.925. The Kier molecular flexibility index (Phi) is 3.73. The molecule has 2 aliphatic heterocycles. The van der Waals surface area contributed by atoms with Crippen molar-refractivity contribution in [1.29, 1.82) is 0 Å². The summed E-state index contributed by atoms with van der Waals surface area (Å²) >= 11 is 0. The molecule has 1 aromatic carbocycles. The molecule has 4 rings (SSSR count). The van der Waals surface area contributed by atoms with Crippen LogP contribution in [0, 0.1) is 0 Å². The van der Waals surface area contributed by atoms with E-state index in [4.69, 9.17) is 18.9 Å². The molecule has 8 nitrogen and oxygen atoms in total.